The molecule has 0 amide bonds. The quantitative estimate of drug-likeness (QED) is 0.776. The molecular weight excluding hydrogens is 348 g/mol. The molecule has 2 N–H and O–H groups in total. The average molecular weight is 376 g/mol. The van der Waals surface area contributed by atoms with Gasteiger partial charge in [-0.25, -0.2) is 0 Å². The molecule has 0 radical (unpaired) electrons. The van der Waals surface area contributed by atoms with Gasteiger partial charge in [0.05, 0.1) is 39.4 Å². The van der Waals surface area contributed by atoms with E-state index in [0.717, 1.165) is 43.3 Å². The summed E-state index contributed by atoms with van der Waals surface area (Å²) in [6, 6.07) is 16.1. The number of nitrogens with zero attached hydrogens (tertiary/aromatic N) is 1. The first-order valence-electron chi connectivity index (χ1n) is 9.26. The van der Waals surface area contributed by atoms with E-state index in [1.54, 1.807) is 0 Å². The molecule has 0 spiro atoms. The topological polar surface area (TPSA) is 37.1 Å². The van der Waals surface area contributed by atoms with Gasteiger partial charge in [0, 0.05) is 10.7 Å². The van der Waals surface area contributed by atoms with Crippen LogP contribution >= 0.6 is 11.6 Å². The number of quaternary nitrogens is 1. The lowest BCUT2D eigenvalue weighted by Gasteiger charge is -2.35. The Morgan fingerprint density at radius 3 is 2.62 bits per heavy atom. The van der Waals surface area contributed by atoms with Crippen molar-refractivity contribution in [3.8, 4) is 0 Å². The first-order chi connectivity index (χ1) is 12.6. The van der Waals surface area contributed by atoms with Crippen LogP contribution in [0.2, 0.25) is 5.02 Å². The normalized spacial score (nSPS) is 16.7. The number of aliphatic hydroxyl groups excluding tert-OH is 1. The molecule has 0 aliphatic carbocycles. The van der Waals surface area contributed by atoms with Crippen LogP contribution in [0.15, 0.2) is 48.5 Å². The molecule has 140 valence electrons. The summed E-state index contributed by atoms with van der Waals surface area (Å²) >= 11 is 6.15. The highest BCUT2D eigenvalue weighted by molar-refractivity contribution is 6.30. The molecule has 2 aromatic rings. The molecule has 1 fully saturated rings. The molecule has 0 aromatic heterocycles. The fourth-order valence-electron chi connectivity index (χ4n) is 3.47. The second-order valence-electron chi connectivity index (χ2n) is 7.03. The van der Waals surface area contributed by atoms with Gasteiger partial charge in [0.25, 0.3) is 0 Å². The van der Waals surface area contributed by atoms with Gasteiger partial charge < -0.3 is 19.6 Å². The van der Waals surface area contributed by atoms with E-state index in [4.69, 9.17) is 16.3 Å². The fourth-order valence-corrected chi connectivity index (χ4v) is 3.64. The summed E-state index contributed by atoms with van der Waals surface area (Å²) in [6.45, 7) is 7.78. The van der Waals surface area contributed by atoms with Crippen molar-refractivity contribution in [3.63, 3.8) is 0 Å². The molecule has 1 aliphatic heterocycles. The third kappa shape index (κ3) is 5.45. The molecule has 1 heterocycles. The number of hydrogen-bond acceptors (Lipinski definition) is 3. The zero-order chi connectivity index (χ0) is 18.4. The number of ether oxygens (including phenoxy) is 1. The molecule has 1 atom stereocenters. The first-order valence-corrected chi connectivity index (χ1v) is 9.64. The van der Waals surface area contributed by atoms with Crippen LogP contribution in [0.25, 0.3) is 0 Å². The Morgan fingerprint density at radius 2 is 1.88 bits per heavy atom. The summed E-state index contributed by atoms with van der Waals surface area (Å²) in [4.78, 5) is 3.82. The maximum absolute atomic E-state index is 10.3. The van der Waals surface area contributed by atoms with Crippen molar-refractivity contribution in [2.45, 2.75) is 19.6 Å². The Morgan fingerprint density at radius 1 is 1.15 bits per heavy atom. The van der Waals surface area contributed by atoms with Gasteiger partial charge in [0.15, 0.2) is 0 Å². The number of halogens is 1. The molecule has 5 heteroatoms. The highest BCUT2D eigenvalue weighted by atomic mass is 35.5. The van der Waals surface area contributed by atoms with Crippen LogP contribution in [-0.4, -0.2) is 50.5 Å². The van der Waals surface area contributed by atoms with Gasteiger partial charge in [-0.3, -0.25) is 0 Å². The van der Waals surface area contributed by atoms with Crippen molar-refractivity contribution in [2.24, 2.45) is 0 Å². The van der Waals surface area contributed by atoms with Gasteiger partial charge in [-0.05, 0) is 30.2 Å². The van der Waals surface area contributed by atoms with Crippen LogP contribution in [-0.2, 0) is 11.3 Å². The summed E-state index contributed by atoms with van der Waals surface area (Å²) in [5, 5.41) is 11.0. The third-order valence-corrected chi connectivity index (χ3v) is 5.16. The third-order valence-electron chi connectivity index (χ3n) is 4.93. The van der Waals surface area contributed by atoms with Gasteiger partial charge in [-0.2, -0.15) is 0 Å². The van der Waals surface area contributed by atoms with Gasteiger partial charge in [-0.15, -0.1) is 0 Å². The van der Waals surface area contributed by atoms with Gasteiger partial charge in [0.1, 0.15) is 12.6 Å². The fraction of sp³-hybridized carbons (Fsp3) is 0.429. The number of benzene rings is 2. The standard InChI is InChI=1S/C21H27ClN2O2/c1-17-7-8-19(22)13-21(17)24-11-9-23(10-12-24)14-20(25)16-26-15-18-5-3-2-4-6-18/h2-8,13,20,25H,9-12,14-16H2,1H3/p+1/t20-/m0/s1. The molecule has 1 saturated heterocycles. The van der Waals surface area contributed by atoms with Crippen molar-refractivity contribution < 1.29 is 14.7 Å². The predicted octanol–water partition coefficient (Wildman–Crippen LogP) is 1.93. The van der Waals surface area contributed by atoms with Gasteiger partial charge in [0.2, 0.25) is 0 Å². The van der Waals surface area contributed by atoms with E-state index in [9.17, 15) is 5.11 Å². The highest BCUT2D eigenvalue weighted by Crippen LogP contribution is 2.24. The number of aryl methyl sites for hydroxylation is 1. The smallest absolute Gasteiger partial charge is 0.126 e. The van der Waals surface area contributed by atoms with Crippen LogP contribution < -0.4 is 9.80 Å². The monoisotopic (exact) mass is 375 g/mol. The molecule has 0 saturated carbocycles. The van der Waals surface area contributed by atoms with Crippen LogP contribution in [0, 0.1) is 6.92 Å². The van der Waals surface area contributed by atoms with E-state index in [1.165, 1.54) is 16.2 Å². The van der Waals surface area contributed by atoms with Crippen molar-refractivity contribution in [1.29, 1.82) is 0 Å². The Hall–Kier alpha value is -1.59. The lowest BCUT2D eigenvalue weighted by atomic mass is 10.1. The van der Waals surface area contributed by atoms with Crippen LogP contribution in [0.3, 0.4) is 0 Å². The molecule has 26 heavy (non-hydrogen) atoms. The maximum atomic E-state index is 10.3. The summed E-state index contributed by atoms with van der Waals surface area (Å²) in [5.41, 5.74) is 3.62. The highest BCUT2D eigenvalue weighted by Gasteiger charge is 2.23. The summed E-state index contributed by atoms with van der Waals surface area (Å²) in [6.07, 6.45) is -0.423. The molecule has 1 aliphatic rings. The summed E-state index contributed by atoms with van der Waals surface area (Å²) in [5.74, 6) is 0. The number of nitrogens with one attached hydrogen (secondary N) is 1. The zero-order valence-corrected chi connectivity index (χ0v) is 16.1. The number of anilines is 1. The second kappa shape index (κ2) is 9.38. The maximum Gasteiger partial charge on any atom is 0.126 e. The van der Waals surface area contributed by atoms with E-state index in [-0.39, 0.29) is 0 Å². The SMILES string of the molecule is Cc1ccc(Cl)cc1N1CC[NH+](C[C@H](O)COCc2ccccc2)CC1. The summed E-state index contributed by atoms with van der Waals surface area (Å²) < 4.78 is 5.65. The van der Waals surface area contributed by atoms with Crippen molar-refractivity contribution in [2.75, 3.05) is 44.2 Å². The van der Waals surface area contributed by atoms with E-state index in [2.05, 4.69) is 17.9 Å². The van der Waals surface area contributed by atoms with Crippen LogP contribution in [0.4, 0.5) is 5.69 Å². The van der Waals surface area contributed by atoms with Crippen molar-refractivity contribution in [1.82, 2.24) is 0 Å². The number of hydrogen-bond donors (Lipinski definition) is 2. The minimum Gasteiger partial charge on any atom is -0.385 e. The van der Waals surface area contributed by atoms with E-state index < -0.39 is 6.10 Å². The lowest BCUT2D eigenvalue weighted by Crippen LogP contribution is -3.16. The average Bonchev–Trinajstić information content (AvgIpc) is 2.65. The van der Waals surface area contributed by atoms with E-state index >= 15 is 0 Å². The predicted molar refractivity (Wildman–Crippen MR) is 106 cm³/mol. The molecule has 0 bridgehead atoms. The zero-order valence-electron chi connectivity index (χ0n) is 15.3. The Bertz CT molecular complexity index is 688. The minimum absolute atomic E-state index is 0.384. The number of aliphatic hydroxyl groups is 1. The first kappa shape index (κ1) is 19.2. The van der Waals surface area contributed by atoms with Crippen molar-refractivity contribution in [3.05, 3.63) is 64.7 Å². The van der Waals surface area contributed by atoms with E-state index in [1.807, 2.05) is 42.5 Å². The molecular formula is C21H28ClN2O2+. The molecule has 3 rings (SSSR count). The van der Waals surface area contributed by atoms with Crippen LogP contribution in [0.5, 0.6) is 0 Å². The van der Waals surface area contributed by atoms with E-state index in [0.29, 0.717) is 13.2 Å². The van der Waals surface area contributed by atoms with Crippen molar-refractivity contribution >= 4 is 17.3 Å². The minimum atomic E-state index is -0.423. The Labute approximate surface area is 160 Å². The number of rotatable bonds is 7. The second-order valence-corrected chi connectivity index (χ2v) is 7.46. The number of piperazine rings is 1. The lowest BCUT2D eigenvalue weighted by molar-refractivity contribution is -0.903. The molecule has 4 nitrogen and oxygen atoms in total. The Balaban J connectivity index is 1.40. The van der Waals surface area contributed by atoms with Crippen LogP contribution in [0.1, 0.15) is 11.1 Å². The van der Waals surface area contributed by atoms with Gasteiger partial charge in [-0.1, -0.05) is 48.0 Å². The molecule has 0 unspecified atom stereocenters. The molecule has 2 aromatic carbocycles. The summed E-state index contributed by atoms with van der Waals surface area (Å²) in [7, 11) is 0. The largest absolute Gasteiger partial charge is 0.385 e. The Kier molecular flexibility index (Phi) is 6.92. The van der Waals surface area contributed by atoms with Gasteiger partial charge >= 0.3 is 0 Å².